The normalized spacial score (nSPS) is 15.2. The fraction of sp³-hybridized carbons (Fsp3) is 0.550. The van der Waals surface area contributed by atoms with Crippen LogP contribution in [-0.2, 0) is 9.59 Å². The van der Waals surface area contributed by atoms with Crippen LogP contribution in [0.25, 0.3) is 0 Å². The molecule has 4 atom stereocenters. The van der Waals surface area contributed by atoms with Crippen LogP contribution in [0.15, 0.2) is 30.3 Å². The van der Waals surface area contributed by atoms with Gasteiger partial charge in [-0.15, -0.1) is 0 Å². The van der Waals surface area contributed by atoms with E-state index in [1.807, 2.05) is 44.2 Å². The van der Waals surface area contributed by atoms with E-state index in [9.17, 15) is 19.5 Å². The topological polar surface area (TPSA) is 128 Å². The monoisotopic (exact) mass is 393 g/mol. The van der Waals surface area contributed by atoms with E-state index in [2.05, 4.69) is 16.0 Å². The van der Waals surface area contributed by atoms with Gasteiger partial charge in [-0.25, -0.2) is 4.79 Å². The molecule has 8 nitrogen and oxygen atoms in total. The van der Waals surface area contributed by atoms with Crippen molar-refractivity contribution in [3.63, 3.8) is 0 Å². The highest BCUT2D eigenvalue weighted by molar-refractivity contribution is 5.87. The van der Waals surface area contributed by atoms with Crippen LogP contribution < -0.4 is 16.0 Å². The van der Waals surface area contributed by atoms with E-state index < -0.39 is 36.1 Å². The van der Waals surface area contributed by atoms with Gasteiger partial charge in [0.05, 0.1) is 6.04 Å². The highest BCUT2D eigenvalue weighted by atomic mass is 16.4. The van der Waals surface area contributed by atoms with Gasteiger partial charge >= 0.3 is 6.09 Å². The number of carbonyl (C=O) groups excluding carboxylic acids is 2. The number of carbonyl (C=O) groups is 3. The van der Waals surface area contributed by atoms with Gasteiger partial charge < -0.3 is 26.2 Å². The molecule has 156 valence electrons. The summed E-state index contributed by atoms with van der Waals surface area (Å²) < 4.78 is 0. The van der Waals surface area contributed by atoms with E-state index in [0.29, 0.717) is 13.0 Å². The average Bonchev–Trinajstić information content (AvgIpc) is 2.64. The molecular formula is C20H31N3O5. The Balaban J connectivity index is 3.10. The Kier molecular flexibility index (Phi) is 9.44. The van der Waals surface area contributed by atoms with Crippen molar-refractivity contribution in [1.29, 1.82) is 0 Å². The SMILES string of the molecule is CCNC(=O)C(O)[C@@H](NC(=O)[C@H](CC(C)C)NC(=O)O)C(C)c1ccccc1. The molecule has 0 aliphatic heterocycles. The molecule has 0 saturated heterocycles. The number of rotatable bonds is 10. The smallest absolute Gasteiger partial charge is 0.405 e. The molecule has 2 unspecified atom stereocenters. The Morgan fingerprint density at radius 3 is 2.11 bits per heavy atom. The van der Waals surface area contributed by atoms with Crippen molar-refractivity contribution in [2.75, 3.05) is 6.54 Å². The van der Waals surface area contributed by atoms with Crippen LogP contribution in [0.5, 0.6) is 0 Å². The summed E-state index contributed by atoms with van der Waals surface area (Å²) in [5.74, 6) is -1.48. The molecule has 1 rings (SSSR count). The summed E-state index contributed by atoms with van der Waals surface area (Å²) in [7, 11) is 0. The fourth-order valence-corrected chi connectivity index (χ4v) is 3.00. The molecule has 28 heavy (non-hydrogen) atoms. The van der Waals surface area contributed by atoms with Crippen LogP contribution in [0.2, 0.25) is 0 Å². The standard InChI is InChI=1S/C20H31N3O5/c1-5-21-19(26)17(24)16(13(4)14-9-7-6-8-10-14)23-18(25)15(11-12(2)3)22-20(27)28/h6-10,12-13,15-17,22,24H,5,11H2,1-4H3,(H,21,26)(H,23,25)(H,27,28)/t13?,15-,16-,17?/m0/s1. The lowest BCUT2D eigenvalue weighted by Gasteiger charge is -2.31. The summed E-state index contributed by atoms with van der Waals surface area (Å²) in [6, 6.07) is 7.29. The van der Waals surface area contributed by atoms with Crippen molar-refractivity contribution < 1.29 is 24.6 Å². The summed E-state index contributed by atoms with van der Waals surface area (Å²) in [5, 5.41) is 27.1. The van der Waals surface area contributed by atoms with Gasteiger partial charge in [0.1, 0.15) is 6.04 Å². The maximum atomic E-state index is 12.8. The summed E-state index contributed by atoms with van der Waals surface area (Å²) >= 11 is 0. The van der Waals surface area contributed by atoms with Crippen molar-refractivity contribution in [2.24, 2.45) is 5.92 Å². The first kappa shape index (κ1) is 23.4. The lowest BCUT2D eigenvalue weighted by Crippen LogP contribution is -2.57. The first-order chi connectivity index (χ1) is 13.2. The largest absolute Gasteiger partial charge is 0.465 e. The van der Waals surface area contributed by atoms with E-state index in [1.165, 1.54) is 0 Å². The summed E-state index contributed by atoms with van der Waals surface area (Å²) in [6.45, 7) is 7.61. The van der Waals surface area contributed by atoms with E-state index in [1.54, 1.807) is 13.8 Å². The average molecular weight is 393 g/mol. The maximum absolute atomic E-state index is 12.8. The number of benzene rings is 1. The minimum absolute atomic E-state index is 0.0703. The zero-order valence-corrected chi connectivity index (χ0v) is 16.8. The molecule has 5 N–H and O–H groups in total. The Hall–Kier alpha value is -2.61. The predicted molar refractivity (Wildman–Crippen MR) is 106 cm³/mol. The molecular weight excluding hydrogens is 362 g/mol. The molecule has 3 amide bonds. The third-order valence-electron chi connectivity index (χ3n) is 4.45. The van der Waals surface area contributed by atoms with Crippen LogP contribution in [0.1, 0.15) is 45.6 Å². The predicted octanol–water partition coefficient (Wildman–Crippen LogP) is 1.45. The van der Waals surface area contributed by atoms with Gasteiger partial charge in [-0.05, 0) is 24.8 Å². The Morgan fingerprint density at radius 1 is 1.00 bits per heavy atom. The lowest BCUT2D eigenvalue weighted by atomic mass is 9.88. The van der Waals surface area contributed by atoms with E-state index in [4.69, 9.17) is 5.11 Å². The fourth-order valence-electron chi connectivity index (χ4n) is 3.00. The van der Waals surface area contributed by atoms with Gasteiger partial charge in [-0.2, -0.15) is 0 Å². The first-order valence-electron chi connectivity index (χ1n) is 9.47. The van der Waals surface area contributed by atoms with E-state index in [0.717, 1.165) is 5.56 Å². The molecule has 0 spiro atoms. The molecule has 1 aromatic carbocycles. The second-order valence-corrected chi connectivity index (χ2v) is 7.20. The molecule has 0 aliphatic rings. The van der Waals surface area contributed by atoms with Crippen molar-refractivity contribution >= 4 is 17.9 Å². The number of hydrogen-bond donors (Lipinski definition) is 5. The quantitative estimate of drug-likeness (QED) is 0.411. The molecule has 8 heteroatoms. The number of hydrogen-bond acceptors (Lipinski definition) is 4. The number of aliphatic hydroxyl groups is 1. The number of likely N-dealkylation sites (N-methyl/N-ethyl adjacent to an activating group) is 1. The van der Waals surface area contributed by atoms with Crippen LogP contribution in [-0.4, -0.2) is 52.9 Å². The van der Waals surface area contributed by atoms with Gasteiger partial charge in [0.25, 0.3) is 5.91 Å². The van der Waals surface area contributed by atoms with Crippen molar-refractivity contribution in [1.82, 2.24) is 16.0 Å². The molecule has 1 aromatic rings. The molecule has 0 bridgehead atoms. The lowest BCUT2D eigenvalue weighted by molar-refractivity contribution is -0.133. The Labute approximate surface area is 165 Å². The number of amides is 3. The van der Waals surface area contributed by atoms with Gasteiger partial charge in [-0.1, -0.05) is 51.1 Å². The Bertz CT molecular complexity index is 651. The second-order valence-electron chi connectivity index (χ2n) is 7.20. The minimum atomic E-state index is -1.48. The highest BCUT2D eigenvalue weighted by Gasteiger charge is 2.34. The zero-order chi connectivity index (χ0) is 21.3. The molecule has 0 aromatic heterocycles. The number of carboxylic acid groups (broad SMARTS) is 1. The molecule has 0 heterocycles. The molecule has 0 saturated carbocycles. The molecule has 0 radical (unpaired) electrons. The van der Waals surface area contributed by atoms with Crippen LogP contribution in [0, 0.1) is 5.92 Å². The van der Waals surface area contributed by atoms with Crippen molar-refractivity contribution in [2.45, 2.75) is 58.2 Å². The first-order valence-corrected chi connectivity index (χ1v) is 9.47. The maximum Gasteiger partial charge on any atom is 0.405 e. The Morgan fingerprint density at radius 2 is 1.61 bits per heavy atom. The van der Waals surface area contributed by atoms with Crippen LogP contribution in [0.3, 0.4) is 0 Å². The van der Waals surface area contributed by atoms with Gasteiger partial charge in [0.2, 0.25) is 5.91 Å². The minimum Gasteiger partial charge on any atom is -0.465 e. The van der Waals surface area contributed by atoms with Crippen LogP contribution >= 0.6 is 0 Å². The van der Waals surface area contributed by atoms with Gasteiger partial charge in [0.15, 0.2) is 6.10 Å². The number of nitrogens with one attached hydrogen (secondary N) is 3. The summed E-state index contributed by atoms with van der Waals surface area (Å²) in [6.07, 6.45) is -2.50. The number of aliphatic hydroxyl groups excluding tert-OH is 1. The van der Waals surface area contributed by atoms with Crippen molar-refractivity contribution in [3.05, 3.63) is 35.9 Å². The second kappa shape index (κ2) is 11.3. The van der Waals surface area contributed by atoms with Crippen LogP contribution in [0.4, 0.5) is 4.79 Å². The highest BCUT2D eigenvalue weighted by Crippen LogP contribution is 2.22. The van der Waals surface area contributed by atoms with Gasteiger partial charge in [-0.3, -0.25) is 9.59 Å². The zero-order valence-electron chi connectivity index (χ0n) is 16.8. The third kappa shape index (κ3) is 7.19. The van der Waals surface area contributed by atoms with E-state index >= 15 is 0 Å². The molecule has 0 aliphatic carbocycles. The summed E-state index contributed by atoms with van der Waals surface area (Å²) in [5.41, 5.74) is 0.836. The third-order valence-corrected chi connectivity index (χ3v) is 4.45. The summed E-state index contributed by atoms with van der Waals surface area (Å²) in [4.78, 5) is 36.0. The molecule has 0 fully saturated rings. The van der Waals surface area contributed by atoms with Gasteiger partial charge in [0, 0.05) is 12.5 Å². The van der Waals surface area contributed by atoms with E-state index in [-0.39, 0.29) is 11.8 Å². The van der Waals surface area contributed by atoms with Crippen molar-refractivity contribution in [3.8, 4) is 0 Å².